The number of hydrogen-bond acceptors (Lipinski definition) is 1. The third-order valence-electron chi connectivity index (χ3n) is 0. The van der Waals surface area contributed by atoms with Crippen molar-refractivity contribution in [1.82, 2.24) is 0 Å². The molecule has 1 nitrogen and oxygen atoms in total. The van der Waals surface area contributed by atoms with E-state index in [-0.39, 0.29) is 29.6 Å². The van der Waals surface area contributed by atoms with Gasteiger partial charge in [0.05, 0.1) is 0 Å². The van der Waals surface area contributed by atoms with Crippen LogP contribution in [0.5, 0.6) is 0 Å². The summed E-state index contributed by atoms with van der Waals surface area (Å²) in [7, 11) is 0. The van der Waals surface area contributed by atoms with Gasteiger partial charge in [0.25, 0.3) is 0 Å². The largest absolute Gasteiger partial charge is 1.00 e. The average molecular weight is 73.1 g/mol. The minimum absolute atomic E-state index is 0. The van der Waals surface area contributed by atoms with E-state index in [1.165, 1.54) is 0 Å². The fourth-order valence-corrected chi connectivity index (χ4v) is 0. The molecule has 0 fully saturated rings. The predicted octanol–water partition coefficient (Wildman–Crippen LogP) is -3.63. The van der Waals surface area contributed by atoms with Crippen molar-refractivity contribution < 1.29 is 41.5 Å². The van der Waals surface area contributed by atoms with Gasteiger partial charge >= 0.3 is 29.6 Å². The minimum Gasteiger partial charge on any atom is -0.855 e. The second-order valence-electron chi connectivity index (χ2n) is 0.102. The summed E-state index contributed by atoms with van der Waals surface area (Å²) in [6.07, 6.45) is 0. The molecule has 0 aliphatic carbocycles. The third-order valence-corrected chi connectivity index (χ3v) is 0. The molecule has 2 heteroatoms. The van der Waals surface area contributed by atoms with Crippen molar-refractivity contribution in [2.75, 3.05) is 6.56 Å². The van der Waals surface area contributed by atoms with Crippen LogP contribution in [-0.4, -0.2) is 6.56 Å². The Kier molecular flexibility index (Phi) is 2.77. The Labute approximate surface area is 55.3 Å². The molecule has 0 saturated carbocycles. The summed E-state index contributed by atoms with van der Waals surface area (Å²) in [5, 5.41) is 9.90. The molecular weight excluding hydrogens is 63.0 g/mol. The van der Waals surface area contributed by atoms with Crippen molar-refractivity contribution >= 4 is 0 Å². The van der Waals surface area contributed by atoms with E-state index in [9.17, 15) is 5.11 Å². The zero-order chi connectivity index (χ0) is 7.00. The maximum Gasteiger partial charge on any atom is 1.00 e. The molecule has 0 spiro atoms. The Morgan fingerprint density at radius 1 is 2.50 bits per heavy atom. The predicted molar refractivity (Wildman–Crippen MR) is 10.5 cm³/mol. The Bertz CT molecular complexity index is 69.9. The van der Waals surface area contributed by atoms with E-state index in [4.69, 9.17) is 6.85 Å². The van der Waals surface area contributed by atoms with Crippen LogP contribution < -0.4 is 34.7 Å². The van der Waals surface area contributed by atoms with Crippen molar-refractivity contribution in [2.24, 2.45) is 0 Å². The monoisotopic (exact) mass is 73.1 g/mol. The van der Waals surface area contributed by atoms with Gasteiger partial charge in [0, 0.05) is 6.85 Å². The van der Waals surface area contributed by atoms with Gasteiger partial charge in [-0.25, -0.2) is 0 Å². The van der Waals surface area contributed by atoms with Gasteiger partial charge < -0.3 is 5.11 Å². The fraction of sp³-hybridized carbons (Fsp3) is 1.00. The van der Waals surface area contributed by atoms with Crippen LogP contribution in [0.15, 0.2) is 0 Å². The Morgan fingerprint density at radius 3 is 2.75 bits per heavy atom. The van der Waals surface area contributed by atoms with Crippen LogP contribution in [0.3, 0.4) is 0 Å². The summed E-state index contributed by atoms with van der Waals surface area (Å²) < 4.78 is 31.0. The number of rotatable bonds is 0. The second-order valence-corrected chi connectivity index (χ2v) is 0.102. The molecule has 0 atom stereocenters. The van der Waals surface area contributed by atoms with Crippen molar-refractivity contribution in [3.63, 3.8) is 0 Å². The van der Waals surface area contributed by atoms with Gasteiger partial charge in [-0.2, -0.15) is 0 Å². The van der Waals surface area contributed by atoms with E-state index >= 15 is 0 Å². The summed E-state index contributed by atoms with van der Waals surface area (Å²) in [6, 6.07) is 0. The second kappa shape index (κ2) is 9.03. The Balaban J connectivity index is 0. The molecule has 0 rings (SSSR count). The molecule has 0 unspecified atom stereocenters. The van der Waals surface area contributed by atoms with Crippen LogP contribution in [-0.2, 0) is 0 Å². The topological polar surface area (TPSA) is 23.1 Å². The first-order valence-electron chi connectivity index (χ1n) is 2.95. The van der Waals surface area contributed by atoms with Crippen LogP contribution in [0.4, 0.5) is 0 Å². The normalized spacial score (nSPS) is 29.8. The van der Waals surface area contributed by atoms with E-state index in [0.29, 0.717) is 0 Å². The SMILES string of the molecule is [2H]C([2H])([2H])C([2H])([2H])[O-].[Na+]. The van der Waals surface area contributed by atoms with E-state index in [1.807, 2.05) is 0 Å². The van der Waals surface area contributed by atoms with Gasteiger partial charge in [-0.05, 0) is 0 Å². The maximum atomic E-state index is 9.90. The van der Waals surface area contributed by atoms with Crippen molar-refractivity contribution in [3.05, 3.63) is 0 Å². The maximum absolute atomic E-state index is 9.90. The molecule has 0 aromatic heterocycles. The molecule has 0 aliphatic rings. The summed E-state index contributed by atoms with van der Waals surface area (Å²) in [6.45, 7) is -6.35. The molecule has 0 N–H and O–H groups in total. The van der Waals surface area contributed by atoms with Gasteiger partial charge in [0.2, 0.25) is 0 Å². The molecule has 0 heterocycles. The molecular formula is C2H5NaO. The third kappa shape index (κ3) is 12.3. The van der Waals surface area contributed by atoms with Crippen LogP contribution >= 0.6 is 0 Å². The Morgan fingerprint density at radius 2 is 2.75 bits per heavy atom. The summed E-state index contributed by atoms with van der Waals surface area (Å²) >= 11 is 0. The van der Waals surface area contributed by atoms with Gasteiger partial charge in [-0.15, -0.1) is 6.56 Å². The number of hydrogen-bond donors (Lipinski definition) is 0. The van der Waals surface area contributed by atoms with E-state index < -0.39 is 13.4 Å². The van der Waals surface area contributed by atoms with Crippen molar-refractivity contribution in [2.45, 2.75) is 6.85 Å². The molecule has 4 heavy (non-hydrogen) atoms. The Hall–Kier alpha value is 0.960. The van der Waals surface area contributed by atoms with E-state index in [1.54, 1.807) is 0 Å². The van der Waals surface area contributed by atoms with Crippen LogP contribution in [0.2, 0.25) is 0 Å². The van der Waals surface area contributed by atoms with Gasteiger partial charge in [-0.3, -0.25) is 0 Å². The molecule has 0 aromatic rings. The van der Waals surface area contributed by atoms with Crippen molar-refractivity contribution in [3.8, 4) is 0 Å². The molecule has 0 amide bonds. The first-order chi connectivity index (χ1) is 3.25. The summed E-state index contributed by atoms with van der Waals surface area (Å²) in [5.74, 6) is 0. The first-order valence-corrected chi connectivity index (χ1v) is 0.454. The first kappa shape index (κ1) is 1.23. The molecule has 0 aromatic carbocycles. The molecule has 20 valence electrons. The van der Waals surface area contributed by atoms with Crippen LogP contribution in [0.25, 0.3) is 0 Å². The zero-order valence-corrected chi connectivity index (χ0v) is 4.41. The summed E-state index contributed by atoms with van der Waals surface area (Å²) in [4.78, 5) is 0. The minimum atomic E-state index is -3.31. The van der Waals surface area contributed by atoms with E-state index in [2.05, 4.69) is 0 Å². The summed E-state index contributed by atoms with van der Waals surface area (Å²) in [5.41, 5.74) is 0. The zero-order valence-electron chi connectivity index (χ0n) is 7.41. The van der Waals surface area contributed by atoms with Gasteiger partial charge in [-0.1, -0.05) is 6.85 Å². The van der Waals surface area contributed by atoms with E-state index in [0.717, 1.165) is 0 Å². The molecule has 0 bridgehead atoms. The fourth-order valence-electron chi connectivity index (χ4n) is 0. The van der Waals surface area contributed by atoms with Gasteiger partial charge in [0.15, 0.2) is 0 Å². The smallest absolute Gasteiger partial charge is 0.855 e. The molecule has 0 radical (unpaired) electrons. The standard InChI is InChI=1S/C2H5O.Na/c1-2-3;/h2H2,1H3;/q-1;+1/i1D3,2D2;. The average Bonchev–Trinajstić information content (AvgIpc) is 1.25. The van der Waals surface area contributed by atoms with Crippen LogP contribution in [0, 0.1) is 0 Å². The van der Waals surface area contributed by atoms with Crippen LogP contribution in [0.1, 0.15) is 13.7 Å². The van der Waals surface area contributed by atoms with Gasteiger partial charge in [0.1, 0.15) is 0 Å². The molecule has 0 saturated heterocycles. The van der Waals surface area contributed by atoms with Crippen molar-refractivity contribution in [1.29, 1.82) is 0 Å². The molecule has 0 aliphatic heterocycles. The quantitative estimate of drug-likeness (QED) is 0.271.